The second kappa shape index (κ2) is 14.1. The Morgan fingerprint density at radius 2 is 1.50 bits per heavy atom. The topological polar surface area (TPSA) is 79.8 Å². The predicted octanol–water partition coefficient (Wildman–Crippen LogP) is 9.74. The average Bonchev–Trinajstić information content (AvgIpc) is 3.65. The van der Waals surface area contributed by atoms with E-state index in [9.17, 15) is 0 Å². The van der Waals surface area contributed by atoms with Gasteiger partial charge in [-0.15, -0.1) is 0 Å². The molecule has 0 saturated carbocycles. The molecule has 0 unspecified atom stereocenters. The number of benzene rings is 2. The third kappa shape index (κ3) is 7.20. The molecule has 252 valence electrons. The molecule has 0 saturated heterocycles. The largest absolute Gasteiger partial charge is 2.00 e. The van der Waals surface area contributed by atoms with Crippen molar-refractivity contribution in [3.63, 3.8) is 0 Å². The van der Waals surface area contributed by atoms with Crippen molar-refractivity contribution in [1.82, 2.24) is 30.4 Å². The zero-order chi connectivity index (χ0) is 33.5. The molecular weight excluding hydrogens is 772 g/mol. The van der Waals surface area contributed by atoms with E-state index in [4.69, 9.17) is 20.3 Å². The van der Waals surface area contributed by atoms with Gasteiger partial charge in [0.05, 0.1) is 11.4 Å². The summed E-state index contributed by atoms with van der Waals surface area (Å²) < 4.78 is 0. The van der Waals surface area contributed by atoms with Gasteiger partial charge in [0.25, 0.3) is 0 Å². The molecule has 1 aliphatic rings. The van der Waals surface area contributed by atoms with Crippen LogP contribution in [0.3, 0.4) is 0 Å². The summed E-state index contributed by atoms with van der Waals surface area (Å²) in [5.74, 6) is 0.826. The SMILES string of the molecule is CC(C)(C)c1ccncc1.CC(C)Cc1n[n-]c(-c2cc3cc4ccccc4cc3c(-c3[n-]nc4c3CCCC4(C)C)n2)c1C(C)C.[Pt+2]. The number of aromatic nitrogens is 6. The van der Waals surface area contributed by atoms with Crippen LogP contribution in [0.1, 0.15) is 109 Å². The van der Waals surface area contributed by atoms with Crippen LogP contribution in [0.4, 0.5) is 0 Å². The summed E-state index contributed by atoms with van der Waals surface area (Å²) in [6, 6.07) is 19.3. The molecule has 1 aliphatic carbocycles. The third-order valence-corrected chi connectivity index (χ3v) is 9.42. The zero-order valence-electron chi connectivity index (χ0n) is 29.8. The Hall–Kier alpha value is -3.63. The van der Waals surface area contributed by atoms with Crippen LogP contribution in [0.2, 0.25) is 0 Å². The second-order valence-corrected chi connectivity index (χ2v) is 15.5. The second-order valence-electron chi connectivity index (χ2n) is 15.5. The molecule has 0 bridgehead atoms. The Balaban J connectivity index is 0.000000354. The fraction of sp³-hybridized carbons (Fsp3) is 0.415. The van der Waals surface area contributed by atoms with Gasteiger partial charge in [0.15, 0.2) is 0 Å². The molecule has 0 amide bonds. The zero-order valence-corrected chi connectivity index (χ0v) is 32.1. The van der Waals surface area contributed by atoms with Crippen molar-refractivity contribution in [1.29, 1.82) is 0 Å². The van der Waals surface area contributed by atoms with Gasteiger partial charge in [-0.05, 0) is 106 Å². The molecule has 4 aromatic heterocycles. The van der Waals surface area contributed by atoms with E-state index in [-0.39, 0.29) is 31.9 Å². The van der Waals surface area contributed by atoms with Crippen molar-refractivity contribution in [2.45, 2.75) is 105 Å². The third-order valence-electron chi connectivity index (χ3n) is 9.42. The smallest absolute Gasteiger partial charge is 0.573 e. The van der Waals surface area contributed by atoms with E-state index >= 15 is 0 Å². The molecule has 6 nitrogen and oxygen atoms in total. The fourth-order valence-corrected chi connectivity index (χ4v) is 6.91. The number of pyridine rings is 2. The molecule has 7 rings (SSSR count). The summed E-state index contributed by atoms with van der Waals surface area (Å²) in [6.45, 7) is 20.1. The van der Waals surface area contributed by atoms with E-state index in [1.807, 2.05) is 12.4 Å². The Labute approximate surface area is 300 Å². The summed E-state index contributed by atoms with van der Waals surface area (Å²) in [5.41, 5.74) is 9.92. The van der Waals surface area contributed by atoms with Gasteiger partial charge in [0, 0.05) is 34.6 Å². The van der Waals surface area contributed by atoms with E-state index < -0.39 is 0 Å². The maximum atomic E-state index is 5.31. The molecule has 0 N–H and O–H groups in total. The van der Waals surface area contributed by atoms with Gasteiger partial charge in [0.1, 0.15) is 0 Å². The Morgan fingerprint density at radius 3 is 2.12 bits per heavy atom. The first kappa shape index (κ1) is 35.7. The predicted molar refractivity (Wildman–Crippen MR) is 194 cm³/mol. The van der Waals surface area contributed by atoms with Gasteiger partial charge >= 0.3 is 21.1 Å². The molecule has 7 heteroatoms. The number of hydrogen-bond acceptors (Lipinski definition) is 4. The molecule has 0 spiro atoms. The molecular formula is C41H48N6Pt. The van der Waals surface area contributed by atoms with E-state index in [1.165, 1.54) is 27.5 Å². The molecule has 6 aromatic rings. The van der Waals surface area contributed by atoms with Crippen LogP contribution in [0.5, 0.6) is 0 Å². The van der Waals surface area contributed by atoms with E-state index in [0.717, 1.165) is 70.6 Å². The Morgan fingerprint density at radius 1 is 0.833 bits per heavy atom. The van der Waals surface area contributed by atoms with E-state index in [0.29, 0.717) is 11.8 Å². The van der Waals surface area contributed by atoms with Crippen molar-refractivity contribution in [3.8, 4) is 22.8 Å². The van der Waals surface area contributed by atoms with Crippen molar-refractivity contribution in [3.05, 3.63) is 95.1 Å². The number of rotatable bonds is 5. The number of nitrogens with zero attached hydrogens (tertiary/aromatic N) is 6. The molecule has 0 aliphatic heterocycles. The molecule has 0 atom stereocenters. The first-order chi connectivity index (χ1) is 22.3. The van der Waals surface area contributed by atoms with Crippen LogP contribution in [0, 0.1) is 5.92 Å². The Bertz CT molecular complexity index is 2010. The first-order valence-electron chi connectivity index (χ1n) is 17.1. The van der Waals surface area contributed by atoms with Gasteiger partial charge in [-0.2, -0.15) is 0 Å². The maximum Gasteiger partial charge on any atom is 2.00 e. The molecule has 48 heavy (non-hydrogen) atoms. The van der Waals surface area contributed by atoms with Crippen molar-refractivity contribution < 1.29 is 21.1 Å². The minimum absolute atomic E-state index is 0. The van der Waals surface area contributed by atoms with Crippen LogP contribution in [-0.2, 0) is 44.7 Å². The molecule has 0 radical (unpaired) electrons. The molecule has 2 aromatic carbocycles. The van der Waals surface area contributed by atoms with Crippen LogP contribution >= 0.6 is 0 Å². The van der Waals surface area contributed by atoms with Gasteiger partial charge in [-0.3, -0.25) is 9.97 Å². The van der Waals surface area contributed by atoms with Crippen molar-refractivity contribution in [2.24, 2.45) is 5.92 Å². The standard InChI is InChI=1S/C32H35N5.C9H13N.Pt/c1-18(2)14-25-27(19(3)4)30(36-34-25)26-17-22-15-20-10-7-8-11-21(20)16-24(22)28(33-26)29-23-12-9-13-32(5,6)31(23)37-35-29;1-9(2,3)8-4-6-10-7-5-8;/h7-8,10-11,15-19H,9,12-14H2,1-6H3;4-7H,1-3H3;/q-2;;+2. The fourth-order valence-electron chi connectivity index (χ4n) is 6.91. The maximum absolute atomic E-state index is 5.31. The van der Waals surface area contributed by atoms with Crippen molar-refractivity contribution in [2.75, 3.05) is 0 Å². The first-order valence-corrected chi connectivity index (χ1v) is 17.1. The summed E-state index contributed by atoms with van der Waals surface area (Å²) in [5, 5.41) is 23.5. The molecule has 4 heterocycles. The van der Waals surface area contributed by atoms with E-state index in [1.54, 1.807) is 0 Å². The van der Waals surface area contributed by atoms with Crippen LogP contribution < -0.4 is 10.2 Å². The summed E-state index contributed by atoms with van der Waals surface area (Å²) in [7, 11) is 0. The minimum atomic E-state index is 0. The van der Waals surface area contributed by atoms with Crippen molar-refractivity contribution >= 4 is 21.5 Å². The van der Waals surface area contributed by atoms with Gasteiger partial charge in [-0.25, -0.2) is 0 Å². The number of fused-ring (bicyclic) bond motifs is 3. The molecule has 0 fully saturated rings. The van der Waals surface area contributed by atoms with Crippen LogP contribution in [-0.4, -0.2) is 20.2 Å². The quantitative estimate of drug-likeness (QED) is 0.161. The van der Waals surface area contributed by atoms with Gasteiger partial charge in [0.2, 0.25) is 0 Å². The number of hydrogen-bond donors (Lipinski definition) is 0. The average molecular weight is 820 g/mol. The summed E-state index contributed by atoms with van der Waals surface area (Å²) in [6.07, 6.45) is 7.86. The minimum Gasteiger partial charge on any atom is -0.573 e. The summed E-state index contributed by atoms with van der Waals surface area (Å²) in [4.78, 5) is 9.27. The Kier molecular flexibility index (Phi) is 10.5. The summed E-state index contributed by atoms with van der Waals surface area (Å²) >= 11 is 0. The van der Waals surface area contributed by atoms with Gasteiger partial charge in [-0.1, -0.05) is 98.0 Å². The van der Waals surface area contributed by atoms with E-state index in [2.05, 4.69) is 127 Å². The van der Waals surface area contributed by atoms with Gasteiger partial charge < -0.3 is 20.4 Å². The van der Waals surface area contributed by atoms with Crippen LogP contribution in [0.15, 0.2) is 67.0 Å². The monoisotopic (exact) mass is 819 g/mol. The normalized spacial score (nSPS) is 14.1. The van der Waals surface area contributed by atoms with Crippen LogP contribution in [0.25, 0.3) is 44.3 Å².